The molecule has 0 amide bonds. The molecule has 0 bridgehead atoms. The molecule has 3 nitrogen and oxygen atoms in total. The molecule has 0 radical (unpaired) electrons. The summed E-state index contributed by atoms with van der Waals surface area (Å²) in [6.07, 6.45) is 8.86. The van der Waals surface area contributed by atoms with Crippen LogP contribution in [0.1, 0.15) is 37.7 Å². The average Bonchev–Trinajstić information content (AvgIpc) is 2.91. The van der Waals surface area contributed by atoms with Crippen LogP contribution in [0, 0.1) is 0 Å². The predicted molar refractivity (Wildman–Crippen MR) is 83.1 cm³/mol. The lowest BCUT2D eigenvalue weighted by Gasteiger charge is -2.13. The Hall–Kier alpha value is -1.00. The Kier molecular flexibility index (Phi) is 4.63. The molecule has 0 atom stereocenters. The number of rotatable bonds is 5. The van der Waals surface area contributed by atoms with Gasteiger partial charge < -0.3 is 14.8 Å². The van der Waals surface area contributed by atoms with Gasteiger partial charge in [0.2, 0.25) is 6.79 Å². The molecule has 0 saturated heterocycles. The van der Waals surface area contributed by atoms with Gasteiger partial charge in [-0.1, -0.05) is 27.6 Å². The lowest BCUT2D eigenvalue weighted by Crippen LogP contribution is -2.16. The molecule has 1 N–H and O–H groups in total. The molecular weight excluding hydrogens is 318 g/mol. The van der Waals surface area contributed by atoms with Crippen molar-refractivity contribution >= 4 is 15.9 Å². The zero-order chi connectivity index (χ0) is 13.8. The van der Waals surface area contributed by atoms with Gasteiger partial charge in [0.05, 0.1) is 0 Å². The summed E-state index contributed by atoms with van der Waals surface area (Å²) < 4.78 is 11.8. The van der Waals surface area contributed by atoms with E-state index in [1.807, 2.05) is 6.07 Å². The normalized spacial score (nSPS) is 17.1. The molecule has 4 heteroatoms. The lowest BCUT2D eigenvalue weighted by atomic mass is 9.97. The highest BCUT2D eigenvalue weighted by Gasteiger charge is 2.16. The number of hydrogen-bond donors (Lipinski definition) is 1. The Bertz CT molecular complexity index is 513. The van der Waals surface area contributed by atoms with Crippen LogP contribution in [0.25, 0.3) is 0 Å². The summed E-state index contributed by atoms with van der Waals surface area (Å²) in [7, 11) is 0. The van der Waals surface area contributed by atoms with Gasteiger partial charge >= 0.3 is 0 Å². The van der Waals surface area contributed by atoms with Crippen LogP contribution in [0.4, 0.5) is 0 Å². The van der Waals surface area contributed by atoms with E-state index < -0.39 is 0 Å². The van der Waals surface area contributed by atoms with Crippen LogP contribution < -0.4 is 14.8 Å². The van der Waals surface area contributed by atoms with E-state index in [2.05, 4.69) is 33.4 Å². The van der Waals surface area contributed by atoms with Crippen molar-refractivity contribution in [2.24, 2.45) is 0 Å². The quantitative estimate of drug-likeness (QED) is 0.646. The third kappa shape index (κ3) is 3.36. The summed E-state index contributed by atoms with van der Waals surface area (Å²) in [5, 5.41) is 3.51. The van der Waals surface area contributed by atoms with Crippen molar-refractivity contribution in [3.05, 3.63) is 33.8 Å². The second-order valence-electron chi connectivity index (χ2n) is 5.33. The Morgan fingerprint density at radius 3 is 2.80 bits per heavy atom. The topological polar surface area (TPSA) is 30.5 Å². The van der Waals surface area contributed by atoms with E-state index >= 15 is 0 Å². The van der Waals surface area contributed by atoms with Gasteiger partial charge in [0.1, 0.15) is 0 Å². The zero-order valence-electron chi connectivity index (χ0n) is 11.6. The first kappa shape index (κ1) is 14.0. The monoisotopic (exact) mass is 337 g/mol. The molecule has 1 heterocycles. The molecule has 3 rings (SSSR count). The molecule has 0 aromatic heterocycles. The Morgan fingerprint density at radius 2 is 2.00 bits per heavy atom. The minimum Gasteiger partial charge on any atom is -0.454 e. The highest BCUT2D eigenvalue weighted by Crippen LogP contribution is 2.36. The fraction of sp³-hybridized carbons (Fsp3) is 0.500. The van der Waals surface area contributed by atoms with Gasteiger partial charge in [-0.3, -0.25) is 0 Å². The van der Waals surface area contributed by atoms with Crippen molar-refractivity contribution in [1.82, 2.24) is 5.32 Å². The lowest BCUT2D eigenvalue weighted by molar-refractivity contribution is 0.174. The predicted octanol–water partition coefficient (Wildman–Crippen LogP) is 4.16. The number of allylic oxidation sites excluding steroid dienone is 1. The number of hydrogen-bond acceptors (Lipinski definition) is 3. The average molecular weight is 338 g/mol. The number of benzene rings is 1. The van der Waals surface area contributed by atoms with Gasteiger partial charge in [-0.2, -0.15) is 0 Å². The molecule has 2 aliphatic rings. The van der Waals surface area contributed by atoms with E-state index in [9.17, 15) is 0 Å². The second-order valence-corrected chi connectivity index (χ2v) is 6.19. The molecule has 0 saturated carbocycles. The minimum atomic E-state index is 0.326. The van der Waals surface area contributed by atoms with Gasteiger partial charge in [-0.05, 0) is 56.3 Å². The largest absolute Gasteiger partial charge is 0.454 e. The van der Waals surface area contributed by atoms with Crippen molar-refractivity contribution in [3.63, 3.8) is 0 Å². The van der Waals surface area contributed by atoms with Gasteiger partial charge in [0.25, 0.3) is 0 Å². The van der Waals surface area contributed by atoms with Crippen LogP contribution in [0.5, 0.6) is 11.5 Å². The van der Waals surface area contributed by atoms with Crippen molar-refractivity contribution < 1.29 is 9.47 Å². The second kappa shape index (κ2) is 6.64. The van der Waals surface area contributed by atoms with E-state index in [0.29, 0.717) is 6.79 Å². The number of ether oxygens (including phenoxy) is 2. The molecule has 20 heavy (non-hydrogen) atoms. The SMILES string of the molecule is Brc1cc2c(cc1CNCCC1=CCCCC1)OCO2. The summed E-state index contributed by atoms with van der Waals surface area (Å²) in [5.41, 5.74) is 2.83. The van der Waals surface area contributed by atoms with Crippen molar-refractivity contribution in [2.75, 3.05) is 13.3 Å². The maximum Gasteiger partial charge on any atom is 0.231 e. The smallest absolute Gasteiger partial charge is 0.231 e. The van der Waals surface area contributed by atoms with Gasteiger partial charge in [0, 0.05) is 11.0 Å². The molecule has 1 aliphatic heterocycles. The van der Waals surface area contributed by atoms with E-state index in [0.717, 1.165) is 29.1 Å². The van der Waals surface area contributed by atoms with Crippen LogP contribution in [-0.4, -0.2) is 13.3 Å². The minimum absolute atomic E-state index is 0.326. The standard InChI is InChI=1S/C16H20BrNO2/c17-14-9-16-15(19-11-20-16)8-13(14)10-18-7-6-12-4-2-1-3-5-12/h4,8-9,18H,1-3,5-7,10-11H2. The maximum atomic E-state index is 5.42. The fourth-order valence-corrected chi connectivity index (χ4v) is 3.16. The van der Waals surface area contributed by atoms with Crippen molar-refractivity contribution in [2.45, 2.75) is 38.6 Å². The Morgan fingerprint density at radius 1 is 1.15 bits per heavy atom. The Labute approximate surface area is 128 Å². The zero-order valence-corrected chi connectivity index (χ0v) is 13.2. The summed E-state index contributed by atoms with van der Waals surface area (Å²) in [5.74, 6) is 1.67. The summed E-state index contributed by atoms with van der Waals surface area (Å²) in [4.78, 5) is 0. The summed E-state index contributed by atoms with van der Waals surface area (Å²) in [6, 6.07) is 4.04. The molecule has 108 valence electrons. The van der Waals surface area contributed by atoms with Crippen LogP contribution in [-0.2, 0) is 6.54 Å². The molecule has 1 aliphatic carbocycles. The number of fused-ring (bicyclic) bond motifs is 1. The number of nitrogens with one attached hydrogen (secondary N) is 1. The fourth-order valence-electron chi connectivity index (χ4n) is 2.70. The molecule has 0 fully saturated rings. The summed E-state index contributed by atoms with van der Waals surface area (Å²) >= 11 is 3.59. The van der Waals surface area contributed by atoms with Crippen molar-refractivity contribution in [3.8, 4) is 11.5 Å². The van der Waals surface area contributed by atoms with Crippen molar-refractivity contribution in [1.29, 1.82) is 0 Å². The van der Waals surface area contributed by atoms with E-state index in [1.165, 1.54) is 37.7 Å². The van der Waals surface area contributed by atoms with Crippen LogP contribution in [0.2, 0.25) is 0 Å². The highest BCUT2D eigenvalue weighted by atomic mass is 79.9. The first-order chi connectivity index (χ1) is 9.83. The van der Waals surface area contributed by atoms with Crippen LogP contribution in [0.15, 0.2) is 28.3 Å². The number of halogens is 1. The maximum absolute atomic E-state index is 5.42. The Balaban J connectivity index is 1.50. The third-order valence-electron chi connectivity index (χ3n) is 3.86. The third-order valence-corrected chi connectivity index (χ3v) is 4.60. The van der Waals surface area contributed by atoms with E-state index in [-0.39, 0.29) is 0 Å². The van der Waals surface area contributed by atoms with Crippen LogP contribution in [0.3, 0.4) is 0 Å². The van der Waals surface area contributed by atoms with E-state index in [1.54, 1.807) is 5.57 Å². The first-order valence-corrected chi connectivity index (χ1v) is 8.09. The molecule has 0 unspecified atom stereocenters. The van der Waals surface area contributed by atoms with Crippen LogP contribution >= 0.6 is 15.9 Å². The summed E-state index contributed by atoms with van der Waals surface area (Å²) in [6.45, 7) is 2.21. The molecule has 1 aromatic carbocycles. The molecule has 0 spiro atoms. The first-order valence-electron chi connectivity index (χ1n) is 7.29. The molecular formula is C16H20BrNO2. The van der Waals surface area contributed by atoms with Gasteiger partial charge in [-0.15, -0.1) is 0 Å². The molecule has 1 aromatic rings. The van der Waals surface area contributed by atoms with Gasteiger partial charge in [0.15, 0.2) is 11.5 Å². The highest BCUT2D eigenvalue weighted by molar-refractivity contribution is 9.10. The van der Waals surface area contributed by atoms with Gasteiger partial charge in [-0.25, -0.2) is 0 Å². The van der Waals surface area contributed by atoms with E-state index in [4.69, 9.17) is 9.47 Å².